The third-order valence-corrected chi connectivity index (χ3v) is 2.24. The Labute approximate surface area is 88.9 Å². The van der Waals surface area contributed by atoms with Crippen LogP contribution in [0.1, 0.15) is 12.5 Å². The minimum Gasteiger partial charge on any atom is -0.375 e. The van der Waals surface area contributed by atoms with Gasteiger partial charge in [0.25, 0.3) is 0 Å². The van der Waals surface area contributed by atoms with E-state index in [2.05, 4.69) is 4.98 Å². The van der Waals surface area contributed by atoms with Gasteiger partial charge in [-0.25, -0.2) is 4.39 Å². The first-order chi connectivity index (χ1) is 7.19. The molecule has 0 spiro atoms. The second-order valence-corrected chi connectivity index (χ2v) is 3.44. The van der Waals surface area contributed by atoms with Crippen molar-refractivity contribution < 1.29 is 22.7 Å². The number of halogens is 4. The molecule has 1 heterocycles. The molecule has 1 aromatic rings. The van der Waals surface area contributed by atoms with Crippen molar-refractivity contribution in [2.45, 2.75) is 24.7 Å². The van der Waals surface area contributed by atoms with Crippen LogP contribution >= 0.6 is 0 Å². The van der Waals surface area contributed by atoms with Crippen LogP contribution in [0.4, 0.5) is 17.6 Å². The molecule has 0 radical (unpaired) electrons. The molecular weight excluding hydrogens is 228 g/mol. The summed E-state index contributed by atoms with van der Waals surface area (Å²) in [7, 11) is 0. The smallest absolute Gasteiger partial charge is 0.375 e. The Morgan fingerprint density at radius 2 is 1.94 bits per heavy atom. The summed E-state index contributed by atoms with van der Waals surface area (Å²) >= 11 is 0. The first-order valence-corrected chi connectivity index (χ1v) is 4.35. The third kappa shape index (κ3) is 2.00. The van der Waals surface area contributed by atoms with Crippen LogP contribution in [-0.4, -0.2) is 22.3 Å². The van der Waals surface area contributed by atoms with E-state index in [1.165, 1.54) is 0 Å². The van der Waals surface area contributed by atoms with Gasteiger partial charge in [-0.15, -0.1) is 0 Å². The Balaban J connectivity index is 3.34. The minimum absolute atomic E-state index is 0.559. The molecule has 0 saturated heterocycles. The minimum atomic E-state index is -5.00. The quantitative estimate of drug-likeness (QED) is 0.764. The summed E-state index contributed by atoms with van der Waals surface area (Å²) in [6.07, 6.45) is -3.53. The molecule has 0 saturated carbocycles. The maximum Gasteiger partial charge on any atom is 0.423 e. The lowest BCUT2D eigenvalue weighted by Crippen LogP contribution is -2.54. The zero-order chi connectivity index (χ0) is 12.6. The van der Waals surface area contributed by atoms with Gasteiger partial charge in [0, 0.05) is 17.8 Å². The summed E-state index contributed by atoms with van der Waals surface area (Å²) in [5, 5.41) is 9.56. The van der Waals surface area contributed by atoms with E-state index in [0.717, 1.165) is 19.3 Å². The van der Waals surface area contributed by atoms with Crippen molar-refractivity contribution in [1.29, 1.82) is 0 Å². The fourth-order valence-corrected chi connectivity index (χ4v) is 1.31. The molecule has 1 rings (SSSR count). The van der Waals surface area contributed by atoms with Gasteiger partial charge in [-0.1, -0.05) is 0 Å². The van der Waals surface area contributed by atoms with Crippen molar-refractivity contribution in [3.05, 3.63) is 29.8 Å². The molecule has 3 N–H and O–H groups in total. The molecule has 0 aromatic carbocycles. The number of aromatic nitrogens is 1. The highest BCUT2D eigenvalue weighted by Gasteiger charge is 2.57. The number of nitrogens with two attached hydrogens (primary N) is 1. The van der Waals surface area contributed by atoms with Crippen molar-refractivity contribution >= 4 is 0 Å². The monoisotopic (exact) mass is 238 g/mol. The largest absolute Gasteiger partial charge is 0.423 e. The highest BCUT2D eigenvalue weighted by Crippen LogP contribution is 2.40. The molecule has 90 valence electrons. The summed E-state index contributed by atoms with van der Waals surface area (Å²) in [5.74, 6) is -0.971. The van der Waals surface area contributed by atoms with E-state index in [1.807, 2.05) is 0 Å². The van der Waals surface area contributed by atoms with Gasteiger partial charge in [0.05, 0.1) is 6.20 Å². The molecule has 0 aliphatic heterocycles. The third-order valence-electron chi connectivity index (χ3n) is 2.24. The fourth-order valence-electron chi connectivity index (χ4n) is 1.31. The molecule has 0 aliphatic rings. The average Bonchev–Trinajstić information content (AvgIpc) is 2.14. The summed E-state index contributed by atoms with van der Waals surface area (Å²) in [6, 6.07) is -1.08. The van der Waals surface area contributed by atoms with Crippen LogP contribution in [0.5, 0.6) is 0 Å². The van der Waals surface area contributed by atoms with Crippen LogP contribution in [-0.2, 0) is 5.60 Å². The Hall–Kier alpha value is -1.21. The van der Waals surface area contributed by atoms with Gasteiger partial charge in [0.1, 0.15) is 5.82 Å². The number of nitrogens with zero attached hydrogens (tertiary/aromatic N) is 1. The Morgan fingerprint density at radius 1 is 1.38 bits per heavy atom. The molecular formula is C9H10F4N2O. The van der Waals surface area contributed by atoms with E-state index in [1.54, 1.807) is 0 Å². The number of alkyl halides is 3. The maximum absolute atomic E-state index is 12.8. The van der Waals surface area contributed by atoms with Crippen molar-refractivity contribution in [2.75, 3.05) is 0 Å². The van der Waals surface area contributed by atoms with Crippen LogP contribution < -0.4 is 5.73 Å². The van der Waals surface area contributed by atoms with E-state index in [4.69, 9.17) is 5.73 Å². The summed E-state index contributed by atoms with van der Waals surface area (Å²) in [4.78, 5) is 3.26. The van der Waals surface area contributed by atoms with Gasteiger partial charge in [-0.3, -0.25) is 4.98 Å². The van der Waals surface area contributed by atoms with Crippen LogP contribution in [0.25, 0.3) is 0 Å². The van der Waals surface area contributed by atoms with Crippen molar-refractivity contribution in [2.24, 2.45) is 5.73 Å². The fraction of sp³-hybridized carbons (Fsp3) is 0.444. The summed E-state index contributed by atoms with van der Waals surface area (Å²) in [5.41, 5.74) is 1.10. The highest BCUT2D eigenvalue weighted by atomic mass is 19.4. The van der Waals surface area contributed by atoms with Gasteiger partial charge >= 0.3 is 6.18 Å². The van der Waals surface area contributed by atoms with E-state index < -0.39 is 29.2 Å². The van der Waals surface area contributed by atoms with E-state index in [9.17, 15) is 22.7 Å². The average molecular weight is 238 g/mol. The molecule has 2 atom stereocenters. The molecule has 1 aromatic heterocycles. The van der Waals surface area contributed by atoms with Crippen LogP contribution in [0.15, 0.2) is 18.5 Å². The second-order valence-electron chi connectivity index (χ2n) is 3.44. The topological polar surface area (TPSA) is 59.1 Å². The van der Waals surface area contributed by atoms with E-state index in [-0.39, 0.29) is 0 Å². The van der Waals surface area contributed by atoms with Crippen molar-refractivity contribution in [3.63, 3.8) is 0 Å². The lowest BCUT2D eigenvalue weighted by atomic mass is 9.88. The number of aliphatic hydroxyl groups is 1. The van der Waals surface area contributed by atoms with Gasteiger partial charge in [-0.05, 0) is 13.0 Å². The van der Waals surface area contributed by atoms with E-state index >= 15 is 0 Å². The number of hydrogen-bond donors (Lipinski definition) is 2. The van der Waals surface area contributed by atoms with Crippen LogP contribution in [0.2, 0.25) is 0 Å². The SMILES string of the molecule is CC(N)C(O)(c1cncc(F)c1)C(F)(F)F. The number of hydrogen-bond acceptors (Lipinski definition) is 3. The van der Waals surface area contributed by atoms with Gasteiger partial charge in [-0.2, -0.15) is 13.2 Å². The van der Waals surface area contributed by atoms with Crippen molar-refractivity contribution in [1.82, 2.24) is 4.98 Å². The number of rotatable bonds is 2. The van der Waals surface area contributed by atoms with Crippen LogP contribution in [0, 0.1) is 5.82 Å². The lowest BCUT2D eigenvalue weighted by Gasteiger charge is -2.33. The molecule has 16 heavy (non-hydrogen) atoms. The summed E-state index contributed by atoms with van der Waals surface area (Å²) < 4.78 is 50.8. The first-order valence-electron chi connectivity index (χ1n) is 4.35. The first kappa shape index (κ1) is 12.9. The predicted molar refractivity (Wildman–Crippen MR) is 47.8 cm³/mol. The molecule has 7 heteroatoms. The number of pyridine rings is 1. The summed E-state index contributed by atoms with van der Waals surface area (Å²) in [6.45, 7) is 0.985. The molecule has 2 unspecified atom stereocenters. The Bertz CT molecular complexity index is 380. The van der Waals surface area contributed by atoms with Crippen molar-refractivity contribution in [3.8, 4) is 0 Å². The Kier molecular flexibility index (Phi) is 3.20. The van der Waals surface area contributed by atoms with Gasteiger partial charge < -0.3 is 10.8 Å². The van der Waals surface area contributed by atoms with Gasteiger partial charge in [0.15, 0.2) is 0 Å². The van der Waals surface area contributed by atoms with Gasteiger partial charge in [0.2, 0.25) is 5.60 Å². The standard InChI is InChI=1S/C9H10F4N2O/c1-5(14)8(16,9(11,12)13)6-2-7(10)4-15-3-6/h2-5,16H,14H2,1H3. The zero-order valence-electron chi connectivity index (χ0n) is 8.29. The molecule has 0 aliphatic carbocycles. The second kappa shape index (κ2) is 3.99. The molecule has 3 nitrogen and oxygen atoms in total. The zero-order valence-corrected chi connectivity index (χ0v) is 8.29. The molecule has 0 amide bonds. The Morgan fingerprint density at radius 3 is 2.31 bits per heavy atom. The molecule has 0 fully saturated rings. The van der Waals surface area contributed by atoms with E-state index in [0.29, 0.717) is 6.07 Å². The van der Waals surface area contributed by atoms with Crippen LogP contribution in [0.3, 0.4) is 0 Å². The predicted octanol–water partition coefficient (Wildman–Crippen LogP) is 1.32. The highest BCUT2D eigenvalue weighted by molar-refractivity contribution is 5.23. The maximum atomic E-state index is 12.8. The normalized spacial score (nSPS) is 17.9. The molecule has 0 bridgehead atoms. The lowest BCUT2D eigenvalue weighted by molar-refractivity contribution is -0.273.